The van der Waals surface area contributed by atoms with Crippen molar-refractivity contribution in [2.75, 3.05) is 19.1 Å². The van der Waals surface area contributed by atoms with Crippen LogP contribution >= 0.6 is 15.9 Å². The third kappa shape index (κ3) is 2.61. The number of nitrogens with zero attached hydrogens (tertiary/aromatic N) is 5. The van der Waals surface area contributed by atoms with Crippen LogP contribution in [0.2, 0.25) is 0 Å². The van der Waals surface area contributed by atoms with Crippen molar-refractivity contribution in [3.63, 3.8) is 0 Å². The fourth-order valence-electron chi connectivity index (χ4n) is 1.50. The van der Waals surface area contributed by atoms with Gasteiger partial charge in [0, 0.05) is 26.5 Å². The van der Waals surface area contributed by atoms with Crippen molar-refractivity contribution in [2.45, 2.75) is 6.54 Å². The van der Waals surface area contributed by atoms with E-state index in [1.165, 1.54) is 0 Å². The highest BCUT2D eigenvalue weighted by Gasteiger charge is 2.11. The molecule has 0 bridgehead atoms. The van der Waals surface area contributed by atoms with Crippen LogP contribution < -0.4 is 9.64 Å². The molecule has 0 amide bonds. The monoisotopic (exact) mass is 311 g/mol. The van der Waals surface area contributed by atoms with Crippen LogP contribution in [0.5, 0.6) is 5.88 Å². The van der Waals surface area contributed by atoms with E-state index in [4.69, 9.17) is 4.74 Å². The summed E-state index contributed by atoms with van der Waals surface area (Å²) in [7, 11) is 5.45. The Morgan fingerprint density at radius 3 is 2.83 bits per heavy atom. The first kappa shape index (κ1) is 12.8. The number of halogens is 1. The van der Waals surface area contributed by atoms with E-state index in [0.717, 1.165) is 10.3 Å². The van der Waals surface area contributed by atoms with Crippen molar-refractivity contribution in [1.29, 1.82) is 0 Å². The van der Waals surface area contributed by atoms with Crippen LogP contribution in [0.3, 0.4) is 0 Å². The predicted octanol–water partition coefficient (Wildman–Crippen LogP) is 1.62. The zero-order valence-corrected chi connectivity index (χ0v) is 12.0. The van der Waals surface area contributed by atoms with Crippen LogP contribution in [0, 0.1) is 0 Å². The van der Waals surface area contributed by atoms with E-state index in [-0.39, 0.29) is 0 Å². The van der Waals surface area contributed by atoms with E-state index in [9.17, 15) is 0 Å². The second kappa shape index (κ2) is 5.34. The summed E-state index contributed by atoms with van der Waals surface area (Å²) in [4.78, 5) is 14.7. The van der Waals surface area contributed by atoms with Gasteiger partial charge in [-0.3, -0.25) is 0 Å². The summed E-state index contributed by atoms with van der Waals surface area (Å²) in [5, 5.41) is 0. The molecule has 2 heterocycles. The number of anilines is 1. The van der Waals surface area contributed by atoms with Crippen molar-refractivity contribution < 1.29 is 4.74 Å². The summed E-state index contributed by atoms with van der Waals surface area (Å²) >= 11 is 3.33. The van der Waals surface area contributed by atoms with Crippen LogP contribution in [0.4, 0.5) is 5.95 Å². The van der Waals surface area contributed by atoms with Gasteiger partial charge in [-0.25, -0.2) is 9.97 Å². The lowest BCUT2D eigenvalue weighted by Crippen LogP contribution is -2.21. The zero-order chi connectivity index (χ0) is 13.1. The highest BCUT2D eigenvalue weighted by Crippen LogP contribution is 2.23. The fraction of sp³-hybridized carbons (Fsp3) is 0.364. The summed E-state index contributed by atoms with van der Waals surface area (Å²) in [6.45, 7) is 0.633. The molecule has 0 aromatic carbocycles. The second-order valence-electron chi connectivity index (χ2n) is 3.84. The third-order valence-corrected chi connectivity index (χ3v) is 3.08. The van der Waals surface area contributed by atoms with Crippen LogP contribution in [-0.2, 0) is 13.6 Å². The van der Waals surface area contributed by atoms with E-state index < -0.39 is 0 Å². The Labute approximate surface area is 114 Å². The minimum absolute atomic E-state index is 0.520. The fourth-order valence-corrected chi connectivity index (χ4v) is 1.85. The third-order valence-electron chi connectivity index (χ3n) is 2.53. The highest BCUT2D eigenvalue weighted by molar-refractivity contribution is 9.10. The molecule has 0 aliphatic rings. The Bertz CT molecular complexity index is 542. The Hall–Kier alpha value is -1.63. The molecule has 2 aromatic heterocycles. The normalized spacial score (nSPS) is 10.4. The minimum atomic E-state index is 0.520. The zero-order valence-electron chi connectivity index (χ0n) is 10.5. The van der Waals surface area contributed by atoms with Crippen LogP contribution in [-0.4, -0.2) is 33.7 Å². The molecule has 7 heteroatoms. The van der Waals surface area contributed by atoms with Crippen molar-refractivity contribution in [3.8, 4) is 5.88 Å². The molecule has 96 valence electrons. The molecule has 2 aromatic rings. The number of rotatable bonds is 4. The number of methoxy groups -OCH3 is 1. The van der Waals surface area contributed by atoms with Gasteiger partial charge in [-0.1, -0.05) is 0 Å². The lowest BCUT2D eigenvalue weighted by molar-refractivity contribution is 0.394. The molecule has 18 heavy (non-hydrogen) atoms. The van der Waals surface area contributed by atoms with Crippen molar-refractivity contribution >= 4 is 21.9 Å². The van der Waals surface area contributed by atoms with E-state index in [1.54, 1.807) is 19.5 Å². The van der Waals surface area contributed by atoms with Gasteiger partial charge in [0.05, 0.1) is 24.3 Å². The molecule has 0 unspecified atom stereocenters. The largest absolute Gasteiger partial charge is 0.480 e. The van der Waals surface area contributed by atoms with Gasteiger partial charge in [0.2, 0.25) is 11.8 Å². The lowest BCUT2D eigenvalue weighted by atomic mass is 10.5. The summed E-state index contributed by atoms with van der Waals surface area (Å²) in [6.07, 6.45) is 5.36. The van der Waals surface area contributed by atoms with E-state index in [1.807, 2.05) is 29.8 Å². The molecular weight excluding hydrogens is 298 g/mol. The molecule has 6 nitrogen and oxygen atoms in total. The second-order valence-corrected chi connectivity index (χ2v) is 4.69. The first-order valence-electron chi connectivity index (χ1n) is 5.35. The van der Waals surface area contributed by atoms with Gasteiger partial charge in [0.1, 0.15) is 5.82 Å². The Balaban J connectivity index is 2.18. The quantitative estimate of drug-likeness (QED) is 0.859. The Morgan fingerprint density at radius 1 is 1.44 bits per heavy atom. The minimum Gasteiger partial charge on any atom is -0.480 e. The van der Waals surface area contributed by atoms with Gasteiger partial charge < -0.3 is 14.2 Å². The summed E-state index contributed by atoms with van der Waals surface area (Å²) < 4.78 is 7.85. The summed E-state index contributed by atoms with van der Waals surface area (Å²) in [5.41, 5.74) is 0. The van der Waals surface area contributed by atoms with Gasteiger partial charge in [0.25, 0.3) is 0 Å². The topological polar surface area (TPSA) is 56.1 Å². The number of ether oxygens (including phenoxy) is 1. The molecule has 0 saturated carbocycles. The van der Waals surface area contributed by atoms with E-state index >= 15 is 0 Å². The van der Waals surface area contributed by atoms with Crippen LogP contribution in [0.25, 0.3) is 0 Å². The maximum absolute atomic E-state index is 5.15. The predicted molar refractivity (Wildman–Crippen MR) is 71.6 cm³/mol. The van der Waals surface area contributed by atoms with Gasteiger partial charge in [-0.05, 0) is 15.9 Å². The smallest absolute Gasteiger partial charge is 0.232 e. The van der Waals surface area contributed by atoms with Gasteiger partial charge in [-0.15, -0.1) is 0 Å². The van der Waals surface area contributed by atoms with Crippen LogP contribution in [0.15, 0.2) is 23.1 Å². The van der Waals surface area contributed by atoms with E-state index in [0.29, 0.717) is 18.4 Å². The number of aryl methyl sites for hydroxylation is 1. The van der Waals surface area contributed by atoms with Gasteiger partial charge in [0.15, 0.2) is 0 Å². The number of hydrogen-bond acceptors (Lipinski definition) is 5. The molecule has 0 saturated heterocycles. The van der Waals surface area contributed by atoms with Crippen molar-refractivity contribution in [2.24, 2.45) is 7.05 Å². The average Bonchev–Trinajstić information content (AvgIpc) is 2.75. The molecule has 0 radical (unpaired) electrons. The molecule has 0 fully saturated rings. The first-order valence-corrected chi connectivity index (χ1v) is 6.15. The highest BCUT2D eigenvalue weighted by atomic mass is 79.9. The number of aromatic nitrogens is 4. The summed E-state index contributed by atoms with van der Waals surface area (Å²) in [6, 6.07) is 0. The number of hydrogen-bond donors (Lipinski definition) is 0. The SMILES string of the molecule is COc1nc(N(C)Cc2nccn2C)ncc1Br. The summed E-state index contributed by atoms with van der Waals surface area (Å²) in [5.74, 6) is 2.06. The van der Waals surface area contributed by atoms with E-state index in [2.05, 4.69) is 30.9 Å². The van der Waals surface area contributed by atoms with Gasteiger partial charge >= 0.3 is 0 Å². The number of imidazole rings is 1. The molecule has 0 spiro atoms. The molecular formula is C11H14BrN5O. The lowest BCUT2D eigenvalue weighted by Gasteiger charge is -2.17. The maximum atomic E-state index is 5.15. The molecule has 0 aliphatic heterocycles. The molecule has 0 aliphatic carbocycles. The Kier molecular flexibility index (Phi) is 3.81. The van der Waals surface area contributed by atoms with Crippen molar-refractivity contribution in [1.82, 2.24) is 19.5 Å². The molecule has 0 N–H and O–H groups in total. The molecule has 0 atom stereocenters. The first-order chi connectivity index (χ1) is 8.61. The maximum Gasteiger partial charge on any atom is 0.232 e. The molecule has 2 rings (SSSR count). The average molecular weight is 312 g/mol. The van der Waals surface area contributed by atoms with Gasteiger partial charge in [-0.2, -0.15) is 4.98 Å². The standard InChI is InChI=1S/C11H14BrN5O/c1-16-5-4-13-9(16)7-17(2)11-14-6-8(12)10(15-11)18-3/h4-6H,7H2,1-3H3. The van der Waals surface area contributed by atoms with Crippen molar-refractivity contribution in [3.05, 3.63) is 28.9 Å². The Morgan fingerprint density at radius 2 is 2.22 bits per heavy atom. The van der Waals surface area contributed by atoms with Crippen LogP contribution in [0.1, 0.15) is 5.82 Å².